The third-order valence-electron chi connectivity index (χ3n) is 6.24. The fourth-order valence-corrected chi connectivity index (χ4v) is 5.65. The van der Waals surface area contributed by atoms with E-state index in [2.05, 4.69) is 16.4 Å². The van der Waals surface area contributed by atoms with Crippen molar-refractivity contribution in [3.05, 3.63) is 65.1 Å². The molecule has 5 rings (SSSR count). The second kappa shape index (κ2) is 9.50. The van der Waals surface area contributed by atoms with E-state index < -0.39 is 10.0 Å². The molecular weight excluding hydrogens is 498 g/mol. The summed E-state index contributed by atoms with van der Waals surface area (Å²) in [7, 11) is -3.18. The predicted molar refractivity (Wildman–Crippen MR) is 139 cm³/mol. The van der Waals surface area contributed by atoms with Crippen LogP contribution in [0.5, 0.6) is 0 Å². The lowest BCUT2D eigenvalue weighted by Gasteiger charge is -2.30. The van der Waals surface area contributed by atoms with Crippen LogP contribution >= 0.6 is 11.6 Å². The van der Waals surface area contributed by atoms with Crippen molar-refractivity contribution in [3.8, 4) is 28.5 Å². The molecule has 1 aliphatic heterocycles. The van der Waals surface area contributed by atoms with Gasteiger partial charge in [0.25, 0.3) is 0 Å². The zero-order valence-electron chi connectivity index (χ0n) is 19.8. The minimum absolute atomic E-state index is 0.105. The highest BCUT2D eigenvalue weighted by Crippen LogP contribution is 2.36. The summed E-state index contributed by atoms with van der Waals surface area (Å²) in [5.74, 6) is 0.677. The lowest BCUT2D eigenvalue weighted by Crippen LogP contribution is -2.41. The Morgan fingerprint density at radius 1 is 1.11 bits per heavy atom. The van der Waals surface area contributed by atoms with E-state index in [4.69, 9.17) is 21.7 Å². The van der Waals surface area contributed by atoms with Gasteiger partial charge in [0.1, 0.15) is 16.7 Å². The number of aromatic nitrogens is 4. The number of pyridine rings is 1. The number of benzene rings is 1. The van der Waals surface area contributed by atoms with Crippen LogP contribution in [0.15, 0.2) is 48.7 Å². The fraction of sp³-hybridized carbons (Fsp3) is 0.280. The van der Waals surface area contributed by atoms with Gasteiger partial charge in [0.15, 0.2) is 5.65 Å². The van der Waals surface area contributed by atoms with Crippen molar-refractivity contribution in [2.75, 3.05) is 24.7 Å². The molecule has 1 fully saturated rings. The van der Waals surface area contributed by atoms with Crippen LogP contribution in [0.1, 0.15) is 24.1 Å². The zero-order valence-corrected chi connectivity index (χ0v) is 21.4. The largest absolute Gasteiger partial charge is 0.367 e. The Morgan fingerprint density at radius 2 is 1.89 bits per heavy atom. The smallest absolute Gasteiger partial charge is 0.211 e. The minimum Gasteiger partial charge on any atom is -0.367 e. The lowest BCUT2D eigenvalue weighted by molar-refractivity contribution is 0.331. The second-order valence-corrected chi connectivity index (χ2v) is 11.3. The number of sulfonamides is 1. The van der Waals surface area contributed by atoms with E-state index in [1.807, 2.05) is 37.4 Å². The molecule has 1 saturated heterocycles. The first-order valence-corrected chi connectivity index (χ1v) is 13.7. The molecule has 0 atom stereocenters. The van der Waals surface area contributed by atoms with Crippen molar-refractivity contribution in [3.63, 3.8) is 0 Å². The molecular formula is C25H24ClN7O2S. The number of aryl methyl sites for hydroxylation is 1. The molecule has 3 aromatic heterocycles. The first-order chi connectivity index (χ1) is 17.2. The number of nitrogens with one attached hydrogen (secondary N) is 1. The number of rotatable bonds is 5. The van der Waals surface area contributed by atoms with Crippen molar-refractivity contribution in [1.29, 1.82) is 5.26 Å². The van der Waals surface area contributed by atoms with Crippen LogP contribution in [0.3, 0.4) is 0 Å². The number of anilines is 1. The van der Waals surface area contributed by atoms with Gasteiger partial charge in [0.2, 0.25) is 10.0 Å². The average Bonchev–Trinajstić information content (AvgIpc) is 3.22. The predicted octanol–water partition coefficient (Wildman–Crippen LogP) is 4.13. The summed E-state index contributed by atoms with van der Waals surface area (Å²) in [4.78, 5) is 9.18. The quantitative estimate of drug-likeness (QED) is 0.392. The van der Waals surface area contributed by atoms with Crippen LogP contribution in [0.25, 0.3) is 28.0 Å². The van der Waals surface area contributed by atoms with E-state index in [9.17, 15) is 13.7 Å². The van der Waals surface area contributed by atoms with Gasteiger partial charge in [-0.3, -0.25) is 0 Å². The number of nitriles is 1. The van der Waals surface area contributed by atoms with E-state index >= 15 is 0 Å². The van der Waals surface area contributed by atoms with Crippen molar-refractivity contribution in [1.82, 2.24) is 23.9 Å². The maximum Gasteiger partial charge on any atom is 0.211 e. The second-order valence-electron chi connectivity index (χ2n) is 8.90. The van der Waals surface area contributed by atoms with Gasteiger partial charge in [-0.1, -0.05) is 23.7 Å². The van der Waals surface area contributed by atoms with E-state index in [1.165, 1.54) is 10.6 Å². The van der Waals surface area contributed by atoms with E-state index in [1.54, 1.807) is 22.7 Å². The average molecular weight is 522 g/mol. The van der Waals surface area contributed by atoms with Crippen LogP contribution < -0.4 is 5.32 Å². The van der Waals surface area contributed by atoms with Crippen LogP contribution in [0.4, 0.5) is 5.82 Å². The SMILES string of the molecule is Cc1cc(-c2c(-c3cccc(C#N)c3)nn3ccc(NC4CCN(S(C)(=O)=O)CC4)nc23)cc(Cl)n1. The topological polar surface area (TPSA) is 116 Å². The van der Waals surface area contributed by atoms with Gasteiger partial charge in [0.05, 0.1) is 23.5 Å². The monoisotopic (exact) mass is 521 g/mol. The van der Waals surface area contributed by atoms with E-state index in [0.29, 0.717) is 53.8 Å². The standard InChI is InChI=1S/C25H24ClN7O2S/c1-16-12-19(14-21(26)28-16)23-24(18-5-3-4-17(13-18)15-27)31-33-11-8-22(30-25(23)33)29-20-6-9-32(10-7-20)36(2,34)35/h3-5,8,11-14,20H,6-7,9-10H2,1-2H3,(H,29,30). The van der Waals surface area contributed by atoms with Gasteiger partial charge in [-0.05, 0) is 55.7 Å². The molecule has 4 aromatic rings. The van der Waals surface area contributed by atoms with Gasteiger partial charge < -0.3 is 5.32 Å². The summed E-state index contributed by atoms with van der Waals surface area (Å²) in [5, 5.41) is 18.0. The molecule has 4 heterocycles. The zero-order chi connectivity index (χ0) is 25.4. The molecule has 9 nitrogen and oxygen atoms in total. The van der Waals surface area contributed by atoms with Crippen LogP contribution in [0, 0.1) is 18.3 Å². The summed E-state index contributed by atoms with van der Waals surface area (Å²) < 4.78 is 26.9. The molecule has 1 N–H and O–H groups in total. The first kappa shape index (κ1) is 24.2. The van der Waals surface area contributed by atoms with Crippen LogP contribution in [-0.4, -0.2) is 57.7 Å². The maximum absolute atomic E-state index is 11.8. The Hall–Kier alpha value is -3.52. The molecule has 1 aliphatic rings. The Morgan fingerprint density at radius 3 is 2.58 bits per heavy atom. The molecule has 0 aliphatic carbocycles. The number of hydrogen-bond donors (Lipinski definition) is 1. The van der Waals surface area contributed by atoms with Crippen molar-refractivity contribution in [2.24, 2.45) is 0 Å². The summed E-state index contributed by atoms with van der Waals surface area (Å²) in [6.07, 6.45) is 4.47. The number of fused-ring (bicyclic) bond motifs is 1. The van der Waals surface area contributed by atoms with Gasteiger partial charge in [0, 0.05) is 36.6 Å². The highest BCUT2D eigenvalue weighted by atomic mass is 35.5. The number of piperidine rings is 1. The Labute approximate surface area is 214 Å². The fourth-order valence-electron chi connectivity index (χ4n) is 4.53. The Bertz CT molecular complexity index is 1580. The van der Waals surface area contributed by atoms with Gasteiger partial charge in [-0.25, -0.2) is 27.2 Å². The molecule has 1 aromatic carbocycles. The van der Waals surface area contributed by atoms with Crippen LogP contribution in [-0.2, 0) is 10.0 Å². The summed E-state index contributed by atoms with van der Waals surface area (Å²) in [6.45, 7) is 2.83. The van der Waals surface area contributed by atoms with Gasteiger partial charge in [-0.15, -0.1) is 0 Å². The Balaban J connectivity index is 1.57. The molecule has 0 spiro atoms. The lowest BCUT2D eigenvalue weighted by atomic mass is 10.00. The van der Waals surface area contributed by atoms with Gasteiger partial charge in [-0.2, -0.15) is 10.4 Å². The maximum atomic E-state index is 11.8. The Kier molecular flexibility index (Phi) is 6.38. The molecule has 36 heavy (non-hydrogen) atoms. The molecule has 184 valence electrons. The van der Waals surface area contributed by atoms with Crippen molar-refractivity contribution < 1.29 is 8.42 Å². The molecule has 11 heteroatoms. The number of hydrogen-bond acceptors (Lipinski definition) is 7. The molecule has 0 radical (unpaired) electrons. The molecule has 0 unspecified atom stereocenters. The number of nitrogens with zero attached hydrogens (tertiary/aromatic N) is 6. The van der Waals surface area contributed by atoms with Crippen molar-refractivity contribution >= 4 is 33.1 Å². The van der Waals surface area contributed by atoms with Gasteiger partial charge >= 0.3 is 0 Å². The molecule has 0 amide bonds. The highest BCUT2D eigenvalue weighted by Gasteiger charge is 2.25. The summed E-state index contributed by atoms with van der Waals surface area (Å²) >= 11 is 6.31. The minimum atomic E-state index is -3.18. The highest BCUT2D eigenvalue weighted by molar-refractivity contribution is 7.88. The van der Waals surface area contributed by atoms with Crippen LogP contribution in [0.2, 0.25) is 5.15 Å². The molecule has 0 bridgehead atoms. The molecule has 0 saturated carbocycles. The van der Waals surface area contributed by atoms with Crippen molar-refractivity contribution in [2.45, 2.75) is 25.8 Å². The van der Waals surface area contributed by atoms with E-state index in [-0.39, 0.29) is 6.04 Å². The summed E-state index contributed by atoms with van der Waals surface area (Å²) in [6, 6.07) is 15.2. The third kappa shape index (κ3) is 4.91. The third-order valence-corrected chi connectivity index (χ3v) is 7.73. The first-order valence-electron chi connectivity index (χ1n) is 11.5. The van der Waals surface area contributed by atoms with E-state index in [0.717, 1.165) is 22.4 Å². The summed E-state index contributed by atoms with van der Waals surface area (Å²) in [5.41, 5.74) is 5.02. The number of halogens is 1. The normalized spacial score (nSPS) is 15.2.